The van der Waals surface area contributed by atoms with E-state index in [1.807, 2.05) is 4.72 Å². The smallest absolute Gasteiger partial charge is 0.321 e. The summed E-state index contributed by atoms with van der Waals surface area (Å²) in [5.74, 6) is -2.72. The first-order chi connectivity index (χ1) is 11.5. The Balaban J connectivity index is 3.08. The fraction of sp³-hybridized carbons (Fsp3) is 0.500. The number of anilines is 1. The number of carboxylic acids is 1. The third-order valence-electron chi connectivity index (χ3n) is 3.14. The average Bonchev–Trinajstić information content (AvgIpc) is 2.45. The van der Waals surface area contributed by atoms with Crippen LogP contribution in [0, 0.1) is 5.82 Å². The first-order valence-corrected chi connectivity index (χ1v) is 10.7. The summed E-state index contributed by atoms with van der Waals surface area (Å²) in [6.07, 6.45) is 0.827. The molecule has 0 saturated carbocycles. The van der Waals surface area contributed by atoms with E-state index in [1.54, 1.807) is 13.8 Å². The van der Waals surface area contributed by atoms with Crippen molar-refractivity contribution in [3.63, 3.8) is 0 Å². The molecule has 0 amide bonds. The highest BCUT2D eigenvalue weighted by Gasteiger charge is 2.27. The summed E-state index contributed by atoms with van der Waals surface area (Å²) in [7, 11) is -8.06. The molecule has 1 rings (SSSR count). The molecule has 3 N–H and O–H groups in total. The van der Waals surface area contributed by atoms with E-state index in [0.29, 0.717) is 12.8 Å². The van der Waals surface area contributed by atoms with Crippen LogP contribution in [0.4, 0.5) is 10.1 Å². The molecule has 1 unspecified atom stereocenters. The molecular formula is C14H21FN2O6S2. The Morgan fingerprint density at radius 2 is 1.84 bits per heavy atom. The Morgan fingerprint density at radius 1 is 1.20 bits per heavy atom. The maximum Gasteiger partial charge on any atom is 0.321 e. The van der Waals surface area contributed by atoms with Crippen LogP contribution in [0.15, 0.2) is 23.1 Å². The molecule has 1 aromatic rings. The highest BCUT2D eigenvalue weighted by molar-refractivity contribution is 7.92. The minimum absolute atomic E-state index is 0.0467. The molecule has 8 nitrogen and oxygen atoms in total. The summed E-state index contributed by atoms with van der Waals surface area (Å²) in [6.45, 7) is 3.35. The molecule has 0 bridgehead atoms. The molecule has 1 aromatic carbocycles. The third kappa shape index (κ3) is 6.25. The minimum Gasteiger partial charge on any atom is -0.480 e. The average molecular weight is 396 g/mol. The fourth-order valence-electron chi connectivity index (χ4n) is 2.05. The van der Waals surface area contributed by atoms with Crippen LogP contribution in [0.5, 0.6) is 0 Å². The highest BCUT2D eigenvalue weighted by Crippen LogP contribution is 2.20. The molecule has 1 atom stereocenters. The van der Waals surface area contributed by atoms with Gasteiger partial charge < -0.3 is 5.11 Å². The molecule has 0 saturated heterocycles. The molecule has 0 aromatic heterocycles. The number of halogens is 1. The van der Waals surface area contributed by atoms with Gasteiger partial charge in [0.2, 0.25) is 20.0 Å². The number of hydrogen-bond donors (Lipinski definition) is 3. The van der Waals surface area contributed by atoms with Gasteiger partial charge in [0.1, 0.15) is 16.8 Å². The van der Waals surface area contributed by atoms with Gasteiger partial charge in [-0.2, -0.15) is 4.72 Å². The highest BCUT2D eigenvalue weighted by atomic mass is 32.2. The van der Waals surface area contributed by atoms with Gasteiger partial charge in [-0.15, -0.1) is 0 Å². The monoisotopic (exact) mass is 396 g/mol. The standard InChI is InChI=1S/C14H21FN2O6S2/c1-3-5-12(14(18)19)17-25(22,23)13-7-6-10(9-11(13)15)16-24(20,21)8-4-2/h6-7,9,12,16-17H,3-5,8H2,1-2H3,(H,18,19). The summed E-state index contributed by atoms with van der Waals surface area (Å²) in [5.41, 5.74) is -0.117. The lowest BCUT2D eigenvalue weighted by Crippen LogP contribution is -2.40. The second-order valence-corrected chi connectivity index (χ2v) is 8.89. The van der Waals surface area contributed by atoms with Gasteiger partial charge in [-0.1, -0.05) is 20.3 Å². The zero-order valence-corrected chi connectivity index (χ0v) is 15.5. The van der Waals surface area contributed by atoms with E-state index >= 15 is 0 Å². The largest absolute Gasteiger partial charge is 0.480 e. The van der Waals surface area contributed by atoms with Crippen molar-refractivity contribution in [3.8, 4) is 0 Å². The number of aliphatic carboxylic acids is 1. The molecule has 0 aliphatic heterocycles. The molecular weight excluding hydrogens is 375 g/mol. The molecule has 0 fully saturated rings. The topological polar surface area (TPSA) is 130 Å². The Hall–Kier alpha value is -1.72. The Kier molecular flexibility index (Phi) is 7.32. The predicted octanol–water partition coefficient (Wildman–Crippen LogP) is 1.51. The van der Waals surface area contributed by atoms with Gasteiger partial charge in [0.15, 0.2) is 0 Å². The number of nitrogens with one attached hydrogen (secondary N) is 2. The number of sulfonamides is 2. The summed E-state index contributed by atoms with van der Waals surface area (Å²) in [6, 6.07) is 1.33. The van der Waals surface area contributed by atoms with Crippen molar-refractivity contribution in [3.05, 3.63) is 24.0 Å². The van der Waals surface area contributed by atoms with Crippen LogP contribution in [0.1, 0.15) is 33.1 Å². The summed E-state index contributed by atoms with van der Waals surface area (Å²) in [4.78, 5) is 10.3. The van der Waals surface area contributed by atoms with Gasteiger partial charge in [-0.05, 0) is 31.0 Å². The van der Waals surface area contributed by atoms with Crippen molar-refractivity contribution in [2.45, 2.75) is 44.0 Å². The van der Waals surface area contributed by atoms with E-state index in [9.17, 15) is 26.0 Å². The quantitative estimate of drug-likeness (QED) is 0.550. The van der Waals surface area contributed by atoms with Gasteiger partial charge in [-0.25, -0.2) is 21.2 Å². The van der Waals surface area contributed by atoms with Crippen molar-refractivity contribution in [1.29, 1.82) is 0 Å². The zero-order valence-electron chi connectivity index (χ0n) is 13.8. The zero-order chi connectivity index (χ0) is 19.3. The maximum absolute atomic E-state index is 14.1. The van der Waals surface area contributed by atoms with Crippen molar-refractivity contribution in [2.75, 3.05) is 10.5 Å². The van der Waals surface area contributed by atoms with Crippen molar-refractivity contribution >= 4 is 31.7 Å². The van der Waals surface area contributed by atoms with Crippen LogP contribution in [-0.4, -0.2) is 39.7 Å². The number of rotatable bonds is 10. The van der Waals surface area contributed by atoms with Gasteiger partial charge >= 0.3 is 5.97 Å². The summed E-state index contributed by atoms with van der Waals surface area (Å²) < 4.78 is 65.9. The van der Waals surface area contributed by atoms with E-state index in [4.69, 9.17) is 5.11 Å². The van der Waals surface area contributed by atoms with E-state index in [0.717, 1.165) is 18.2 Å². The van der Waals surface area contributed by atoms with Crippen LogP contribution < -0.4 is 9.44 Å². The number of carbonyl (C=O) groups is 1. The second kappa shape index (κ2) is 8.59. The molecule has 0 spiro atoms. The summed E-state index contributed by atoms with van der Waals surface area (Å²) in [5, 5.41) is 9.01. The van der Waals surface area contributed by atoms with E-state index < -0.39 is 42.8 Å². The van der Waals surface area contributed by atoms with Gasteiger partial charge in [-0.3, -0.25) is 9.52 Å². The minimum atomic E-state index is -4.41. The van der Waals surface area contributed by atoms with Crippen molar-refractivity contribution in [2.24, 2.45) is 0 Å². The van der Waals surface area contributed by atoms with Gasteiger partial charge in [0.05, 0.1) is 11.4 Å². The van der Waals surface area contributed by atoms with Crippen LogP contribution in [0.25, 0.3) is 0 Å². The van der Waals surface area contributed by atoms with E-state index in [-0.39, 0.29) is 17.9 Å². The Labute approximate surface area is 146 Å². The van der Waals surface area contributed by atoms with Crippen molar-refractivity contribution < 1.29 is 31.1 Å². The number of hydrogen-bond acceptors (Lipinski definition) is 5. The number of benzene rings is 1. The first kappa shape index (κ1) is 21.3. The molecule has 142 valence electrons. The lowest BCUT2D eigenvalue weighted by Gasteiger charge is -2.15. The van der Waals surface area contributed by atoms with Crippen LogP contribution in [-0.2, 0) is 24.8 Å². The van der Waals surface area contributed by atoms with Crippen LogP contribution in [0.2, 0.25) is 0 Å². The maximum atomic E-state index is 14.1. The normalized spacial score (nSPS) is 13.4. The molecule has 0 radical (unpaired) electrons. The van der Waals surface area contributed by atoms with Gasteiger partial charge in [0.25, 0.3) is 0 Å². The lowest BCUT2D eigenvalue weighted by atomic mass is 10.2. The van der Waals surface area contributed by atoms with Gasteiger partial charge in [0, 0.05) is 0 Å². The molecule has 0 aliphatic carbocycles. The van der Waals surface area contributed by atoms with Crippen molar-refractivity contribution in [1.82, 2.24) is 4.72 Å². The SMILES string of the molecule is CCCC(NS(=O)(=O)c1ccc(NS(=O)(=O)CCC)cc1F)C(=O)O. The first-order valence-electron chi connectivity index (χ1n) is 7.57. The summed E-state index contributed by atoms with van der Waals surface area (Å²) >= 11 is 0. The van der Waals surface area contributed by atoms with Crippen LogP contribution >= 0.6 is 0 Å². The molecule has 0 heterocycles. The predicted molar refractivity (Wildman–Crippen MR) is 90.8 cm³/mol. The fourth-order valence-corrected chi connectivity index (χ4v) is 4.46. The van der Waals surface area contributed by atoms with E-state index in [2.05, 4.69) is 4.72 Å². The molecule has 11 heteroatoms. The molecule has 0 aliphatic rings. The third-order valence-corrected chi connectivity index (χ3v) is 6.14. The Morgan fingerprint density at radius 3 is 2.32 bits per heavy atom. The molecule has 25 heavy (non-hydrogen) atoms. The lowest BCUT2D eigenvalue weighted by molar-refractivity contribution is -0.139. The Bertz CT molecular complexity index is 824. The number of carboxylic acid groups (broad SMARTS) is 1. The second-order valence-electron chi connectivity index (χ2n) is 5.37. The van der Waals surface area contributed by atoms with E-state index in [1.165, 1.54) is 0 Å². The van der Waals surface area contributed by atoms with Crippen LogP contribution in [0.3, 0.4) is 0 Å².